The number of Topliss-reactive ketones (excluding diaryl/α,β-unsaturated/α-hetero) is 1. The van der Waals surface area contributed by atoms with Crippen LogP contribution in [0, 0.1) is 0 Å². The number of nitrogens with zero attached hydrogens (tertiary/aromatic N) is 1. The number of amides is 1. The first-order valence-corrected chi connectivity index (χ1v) is 13.5. The van der Waals surface area contributed by atoms with E-state index in [1.807, 2.05) is 0 Å². The van der Waals surface area contributed by atoms with Crippen LogP contribution in [0.15, 0.2) is 52.6 Å². The summed E-state index contributed by atoms with van der Waals surface area (Å²) in [4.78, 5) is 28.5. The molecule has 0 saturated carbocycles. The second-order valence-electron chi connectivity index (χ2n) is 8.65. The summed E-state index contributed by atoms with van der Waals surface area (Å²) in [6.45, 7) is 1.41. The topological polar surface area (TPSA) is 93.2 Å². The van der Waals surface area contributed by atoms with E-state index in [9.17, 15) is 40.0 Å². The van der Waals surface area contributed by atoms with E-state index >= 15 is 0 Å². The summed E-state index contributed by atoms with van der Waals surface area (Å²) in [5, 5.41) is 2.24. The van der Waals surface area contributed by atoms with Gasteiger partial charge in [0.05, 0.1) is 11.1 Å². The zero-order chi connectivity index (χ0) is 28.2. The lowest BCUT2D eigenvalue weighted by atomic mass is 9.74. The first-order chi connectivity index (χ1) is 16.9. The predicted molar refractivity (Wildman–Crippen MR) is 132 cm³/mol. The predicted octanol–water partition coefficient (Wildman–Crippen LogP) is 5.20. The highest BCUT2D eigenvalue weighted by atomic mass is 79.9. The van der Waals surface area contributed by atoms with E-state index in [2.05, 4.69) is 26.2 Å². The lowest BCUT2D eigenvalue weighted by molar-refractivity contribution is -0.184. The molecule has 13 heteroatoms. The molecule has 0 aliphatic heterocycles. The molecule has 1 amide bonds. The number of hydrogen-bond acceptors (Lipinski definition) is 5. The first kappa shape index (κ1) is 30.6. The third-order valence-corrected chi connectivity index (χ3v) is 6.94. The maximum Gasteiger partial charge on any atom is 0.398 e. The molecule has 0 radical (unpaired) electrons. The number of rotatable bonds is 10. The van der Waals surface area contributed by atoms with Crippen molar-refractivity contribution >= 4 is 43.0 Å². The molecule has 0 unspecified atom stereocenters. The number of hydrogen-bond donors (Lipinski definition) is 1. The van der Waals surface area contributed by atoms with Crippen LogP contribution < -0.4 is 5.32 Å². The standard InChI is InChI=1S/C24H24BrF5N2O4S/c1-14(33)19(12-32-21(34)13-37(3,35)36)18(20-9-4-15(11-31-20)22(26)27)10-23(2,24(28,29)30)16-5-7-17(25)8-6-16/h4-9,11,22H,10,12-13H2,1-3H3,(H,32,34)/b19-18+/t23-/m1/s1. The molecule has 0 saturated heterocycles. The molecule has 1 atom stereocenters. The Morgan fingerprint density at radius 2 is 1.68 bits per heavy atom. The van der Waals surface area contributed by atoms with Crippen LogP contribution in [0.4, 0.5) is 22.0 Å². The molecule has 1 aromatic heterocycles. The molecule has 0 aliphatic carbocycles. The van der Waals surface area contributed by atoms with Crippen LogP contribution in [0.1, 0.15) is 43.5 Å². The average Bonchev–Trinajstić information content (AvgIpc) is 2.76. The van der Waals surface area contributed by atoms with Gasteiger partial charge < -0.3 is 5.32 Å². The SMILES string of the molecule is CC(=O)/C(CNC(=O)CS(C)(=O)=O)=C(\C[C@](C)(c1ccc(Br)cc1)C(F)(F)F)c1ccc(C(F)F)cn1. The Balaban J connectivity index is 2.70. The number of halogens is 6. The Bertz CT molecular complexity index is 1280. The molecule has 202 valence electrons. The van der Waals surface area contributed by atoms with E-state index < -0.39 is 63.8 Å². The van der Waals surface area contributed by atoms with Gasteiger partial charge in [0.1, 0.15) is 5.75 Å². The Hall–Kier alpha value is -2.67. The van der Waals surface area contributed by atoms with Crippen molar-refractivity contribution in [1.29, 1.82) is 0 Å². The number of aromatic nitrogens is 1. The minimum Gasteiger partial charge on any atom is -0.351 e. The van der Waals surface area contributed by atoms with Crippen molar-refractivity contribution in [3.63, 3.8) is 0 Å². The molecule has 0 bridgehead atoms. The van der Waals surface area contributed by atoms with E-state index in [0.717, 1.165) is 38.4 Å². The van der Waals surface area contributed by atoms with Gasteiger partial charge >= 0.3 is 6.18 Å². The molecule has 2 rings (SSSR count). The third-order valence-electron chi connectivity index (χ3n) is 5.63. The summed E-state index contributed by atoms with van der Waals surface area (Å²) in [6.07, 6.45) is -6.90. The molecule has 1 heterocycles. The summed E-state index contributed by atoms with van der Waals surface area (Å²) in [5.74, 6) is -2.57. The van der Waals surface area contributed by atoms with Crippen molar-refractivity contribution in [1.82, 2.24) is 10.3 Å². The lowest BCUT2D eigenvalue weighted by Gasteiger charge is -2.34. The van der Waals surface area contributed by atoms with Crippen molar-refractivity contribution in [2.75, 3.05) is 18.6 Å². The van der Waals surface area contributed by atoms with Crippen molar-refractivity contribution in [3.8, 4) is 0 Å². The number of allylic oxidation sites excluding steroid dienone is 1. The van der Waals surface area contributed by atoms with E-state index in [-0.39, 0.29) is 22.4 Å². The van der Waals surface area contributed by atoms with Crippen molar-refractivity contribution < 1.29 is 40.0 Å². The summed E-state index contributed by atoms with van der Waals surface area (Å²) in [7, 11) is -3.71. The van der Waals surface area contributed by atoms with Crippen LogP contribution >= 0.6 is 15.9 Å². The van der Waals surface area contributed by atoms with Crippen LogP contribution in [0.25, 0.3) is 5.57 Å². The van der Waals surface area contributed by atoms with Gasteiger partial charge in [-0.15, -0.1) is 0 Å². The molecular weight excluding hydrogens is 587 g/mol. The Labute approximate surface area is 219 Å². The summed E-state index contributed by atoms with van der Waals surface area (Å²) in [5.41, 5.74) is -3.82. The highest BCUT2D eigenvalue weighted by molar-refractivity contribution is 9.10. The minimum atomic E-state index is -4.82. The second-order valence-corrected chi connectivity index (χ2v) is 11.7. The van der Waals surface area contributed by atoms with Crippen molar-refractivity contribution in [2.24, 2.45) is 0 Å². The number of carbonyl (C=O) groups excluding carboxylic acids is 2. The van der Waals surface area contributed by atoms with Gasteiger partial charge in [-0.3, -0.25) is 14.6 Å². The molecule has 2 aromatic rings. The van der Waals surface area contributed by atoms with Gasteiger partial charge in [0.15, 0.2) is 15.6 Å². The molecular formula is C24H24BrF5N2O4S. The van der Waals surface area contributed by atoms with Crippen LogP contribution in [-0.4, -0.2) is 49.8 Å². The van der Waals surface area contributed by atoms with Crippen molar-refractivity contribution in [2.45, 2.75) is 38.3 Å². The summed E-state index contributed by atoms with van der Waals surface area (Å²) in [6, 6.07) is 7.45. The maximum atomic E-state index is 14.5. The van der Waals surface area contributed by atoms with Crippen LogP contribution in [-0.2, 0) is 24.8 Å². The monoisotopic (exact) mass is 610 g/mol. The molecule has 6 nitrogen and oxygen atoms in total. The normalized spacial score (nSPS) is 14.6. The Morgan fingerprint density at radius 3 is 2.11 bits per heavy atom. The van der Waals surface area contributed by atoms with Gasteiger partial charge in [0.2, 0.25) is 5.91 Å². The largest absolute Gasteiger partial charge is 0.398 e. The number of pyridine rings is 1. The van der Waals surface area contributed by atoms with E-state index in [0.29, 0.717) is 4.47 Å². The third kappa shape index (κ3) is 8.16. The van der Waals surface area contributed by atoms with Gasteiger partial charge in [-0.05, 0) is 55.7 Å². The zero-order valence-corrected chi connectivity index (χ0v) is 22.4. The zero-order valence-electron chi connectivity index (χ0n) is 20.0. The molecule has 0 fully saturated rings. The smallest absolute Gasteiger partial charge is 0.351 e. The van der Waals surface area contributed by atoms with Crippen LogP contribution in [0.5, 0.6) is 0 Å². The number of sulfone groups is 1. The average molecular weight is 611 g/mol. The molecule has 0 spiro atoms. The Morgan fingerprint density at radius 1 is 1.08 bits per heavy atom. The number of benzene rings is 1. The fourth-order valence-electron chi connectivity index (χ4n) is 3.52. The first-order valence-electron chi connectivity index (χ1n) is 10.7. The maximum absolute atomic E-state index is 14.5. The summed E-state index contributed by atoms with van der Waals surface area (Å²) < 4.78 is 93.0. The van der Waals surface area contributed by atoms with E-state index in [4.69, 9.17) is 0 Å². The van der Waals surface area contributed by atoms with Crippen LogP contribution in [0.2, 0.25) is 0 Å². The molecule has 37 heavy (non-hydrogen) atoms. The fraction of sp³-hybridized carbons (Fsp3) is 0.375. The second kappa shape index (κ2) is 11.8. The molecule has 1 N–H and O–H groups in total. The lowest BCUT2D eigenvalue weighted by Crippen LogP contribution is -2.40. The molecule has 1 aromatic carbocycles. The Kier molecular flexibility index (Phi) is 9.75. The quantitative estimate of drug-likeness (QED) is 0.295. The number of nitrogens with one attached hydrogen (secondary N) is 1. The van der Waals surface area contributed by atoms with E-state index in [1.165, 1.54) is 24.3 Å². The van der Waals surface area contributed by atoms with Crippen molar-refractivity contribution in [3.05, 3.63) is 69.5 Å². The van der Waals surface area contributed by atoms with Gasteiger partial charge in [-0.25, -0.2) is 17.2 Å². The van der Waals surface area contributed by atoms with Gasteiger partial charge in [0, 0.05) is 34.6 Å². The van der Waals surface area contributed by atoms with Gasteiger partial charge in [-0.2, -0.15) is 13.2 Å². The van der Waals surface area contributed by atoms with Gasteiger partial charge in [-0.1, -0.05) is 28.1 Å². The minimum absolute atomic E-state index is 0.131. The van der Waals surface area contributed by atoms with Gasteiger partial charge in [0.25, 0.3) is 6.43 Å². The number of alkyl halides is 5. The number of carbonyl (C=O) groups is 2. The van der Waals surface area contributed by atoms with E-state index in [1.54, 1.807) is 0 Å². The summed E-state index contributed by atoms with van der Waals surface area (Å²) >= 11 is 3.18. The highest BCUT2D eigenvalue weighted by Gasteiger charge is 2.53. The number of ketones is 1. The fourth-order valence-corrected chi connectivity index (χ4v) is 4.36. The molecule has 0 aliphatic rings. The van der Waals surface area contributed by atoms with Crippen LogP contribution in [0.3, 0.4) is 0 Å². The highest BCUT2D eigenvalue weighted by Crippen LogP contribution is 2.47.